The number of rotatable bonds is 9. The van der Waals surface area contributed by atoms with Crippen LogP contribution < -0.4 is 0 Å². The lowest BCUT2D eigenvalue weighted by Gasteiger charge is -2.37. The van der Waals surface area contributed by atoms with Crippen LogP contribution in [0.4, 0.5) is 0 Å². The van der Waals surface area contributed by atoms with Gasteiger partial charge in [-0.3, -0.25) is 14.6 Å². The molecule has 3 heterocycles. The summed E-state index contributed by atoms with van der Waals surface area (Å²) in [6.07, 6.45) is 7.90. The lowest BCUT2D eigenvalue weighted by molar-refractivity contribution is -0.144. The maximum absolute atomic E-state index is 14.4. The van der Waals surface area contributed by atoms with E-state index in [4.69, 9.17) is 0 Å². The Labute approximate surface area is 255 Å². The average molecular weight is 586 g/mol. The van der Waals surface area contributed by atoms with Crippen LogP contribution in [0.25, 0.3) is 17.2 Å². The maximum Gasteiger partial charge on any atom is 0.247 e. The van der Waals surface area contributed by atoms with Gasteiger partial charge in [-0.05, 0) is 69.5 Å². The van der Waals surface area contributed by atoms with E-state index in [0.717, 1.165) is 34.2 Å². The quantitative estimate of drug-likeness (QED) is 0.203. The Bertz CT molecular complexity index is 1690. The molecule has 0 saturated carbocycles. The monoisotopic (exact) mass is 585 g/mol. The molecule has 2 aromatic heterocycles. The molecular formula is C35H31N5O2S. The highest BCUT2D eigenvalue weighted by Gasteiger charge is 2.34. The number of aromatic nitrogens is 3. The molecule has 8 heteroatoms. The topological polar surface area (TPSA) is 79.3 Å². The molecule has 1 atom stereocenters. The number of hydrogen-bond donors (Lipinski definition) is 0. The molecule has 5 aromatic rings. The normalized spacial score (nSPS) is 13.4. The predicted octanol–water partition coefficient (Wildman–Crippen LogP) is 5.84. The molecule has 0 saturated heterocycles. The second-order valence-corrected chi connectivity index (χ2v) is 11.2. The van der Waals surface area contributed by atoms with Gasteiger partial charge in [-0.2, -0.15) is 0 Å². The molecule has 1 unspecified atom stereocenters. The molecular weight excluding hydrogens is 554 g/mol. The van der Waals surface area contributed by atoms with E-state index < -0.39 is 6.04 Å². The second-order valence-electron chi connectivity index (χ2n) is 10.5. The Morgan fingerprint density at radius 1 is 0.860 bits per heavy atom. The molecule has 3 aromatic carbocycles. The van der Waals surface area contributed by atoms with Gasteiger partial charge < -0.3 is 9.80 Å². The minimum Gasteiger partial charge on any atom is -0.336 e. The number of benzene rings is 3. The fourth-order valence-corrected chi connectivity index (χ4v) is 5.87. The SMILES string of the molecule is O=C(C(Cc1ccccc1)N(Cc1ccc(-c2ccncc2)cc1)C(=O)C=Cc1csnn1)N1CCc2ccccc2C1. The number of amides is 2. The molecule has 0 N–H and O–H groups in total. The highest BCUT2D eigenvalue weighted by atomic mass is 32.1. The van der Waals surface area contributed by atoms with Gasteiger partial charge >= 0.3 is 0 Å². The molecule has 0 bridgehead atoms. The first-order valence-corrected chi connectivity index (χ1v) is 15.1. The van der Waals surface area contributed by atoms with Gasteiger partial charge in [0.1, 0.15) is 6.04 Å². The Morgan fingerprint density at radius 3 is 2.33 bits per heavy atom. The molecule has 0 aliphatic carbocycles. The summed E-state index contributed by atoms with van der Waals surface area (Å²) in [6.45, 7) is 1.43. The lowest BCUT2D eigenvalue weighted by atomic mass is 9.97. The van der Waals surface area contributed by atoms with E-state index in [0.29, 0.717) is 25.2 Å². The third-order valence-corrected chi connectivity index (χ3v) is 8.28. The van der Waals surface area contributed by atoms with Crippen LogP contribution in [0.2, 0.25) is 0 Å². The van der Waals surface area contributed by atoms with E-state index in [2.05, 4.69) is 26.7 Å². The molecule has 0 fully saturated rings. The Hall–Kier alpha value is -4.95. The van der Waals surface area contributed by atoms with Crippen LogP contribution in [-0.4, -0.2) is 48.8 Å². The zero-order valence-electron chi connectivity index (χ0n) is 23.6. The Kier molecular flexibility index (Phi) is 8.75. The molecule has 0 spiro atoms. The number of nitrogens with zero attached hydrogens (tertiary/aromatic N) is 5. The van der Waals surface area contributed by atoms with Crippen molar-refractivity contribution in [3.63, 3.8) is 0 Å². The smallest absolute Gasteiger partial charge is 0.247 e. The second kappa shape index (κ2) is 13.4. The van der Waals surface area contributed by atoms with Crippen molar-refractivity contribution in [1.82, 2.24) is 24.4 Å². The summed E-state index contributed by atoms with van der Waals surface area (Å²) in [5.41, 5.74) is 7.09. The number of carbonyl (C=O) groups excluding carboxylic acids is 2. The zero-order chi connectivity index (χ0) is 29.4. The number of carbonyl (C=O) groups is 2. The first-order chi connectivity index (χ1) is 21.1. The van der Waals surface area contributed by atoms with Crippen molar-refractivity contribution in [3.05, 3.63) is 143 Å². The zero-order valence-corrected chi connectivity index (χ0v) is 24.4. The Balaban J connectivity index is 1.33. The van der Waals surface area contributed by atoms with Crippen LogP contribution in [0.1, 0.15) is 27.9 Å². The molecule has 0 radical (unpaired) electrons. The van der Waals surface area contributed by atoms with E-state index in [1.54, 1.807) is 28.7 Å². The van der Waals surface area contributed by atoms with Crippen molar-refractivity contribution in [2.45, 2.75) is 32.0 Å². The number of fused-ring (bicyclic) bond motifs is 1. The van der Waals surface area contributed by atoms with Crippen LogP contribution in [0.5, 0.6) is 0 Å². The van der Waals surface area contributed by atoms with Gasteiger partial charge in [0, 0.05) is 49.9 Å². The van der Waals surface area contributed by atoms with Gasteiger partial charge in [0.25, 0.3) is 0 Å². The van der Waals surface area contributed by atoms with Gasteiger partial charge in [0.05, 0.1) is 5.69 Å². The molecule has 1 aliphatic heterocycles. The van der Waals surface area contributed by atoms with E-state index in [1.165, 1.54) is 23.2 Å². The minimum atomic E-state index is -0.696. The van der Waals surface area contributed by atoms with Gasteiger partial charge in [-0.1, -0.05) is 83.4 Å². The maximum atomic E-state index is 14.4. The van der Waals surface area contributed by atoms with E-state index in [-0.39, 0.29) is 18.4 Å². The van der Waals surface area contributed by atoms with Crippen molar-refractivity contribution in [3.8, 4) is 11.1 Å². The molecule has 1 aliphatic rings. The first-order valence-electron chi connectivity index (χ1n) is 14.3. The van der Waals surface area contributed by atoms with E-state index >= 15 is 0 Å². The molecule has 214 valence electrons. The Morgan fingerprint density at radius 2 is 1.58 bits per heavy atom. The van der Waals surface area contributed by atoms with E-state index in [9.17, 15) is 9.59 Å². The molecule has 6 rings (SSSR count). The minimum absolute atomic E-state index is 0.0520. The van der Waals surface area contributed by atoms with Gasteiger partial charge in [0.15, 0.2) is 0 Å². The van der Waals surface area contributed by atoms with Gasteiger partial charge in [-0.15, -0.1) is 5.10 Å². The van der Waals surface area contributed by atoms with E-state index in [1.807, 2.05) is 83.8 Å². The van der Waals surface area contributed by atoms with Crippen LogP contribution in [0.3, 0.4) is 0 Å². The largest absolute Gasteiger partial charge is 0.336 e. The first kappa shape index (κ1) is 28.2. The predicted molar refractivity (Wildman–Crippen MR) is 169 cm³/mol. The highest BCUT2D eigenvalue weighted by Crippen LogP contribution is 2.24. The van der Waals surface area contributed by atoms with Crippen molar-refractivity contribution >= 4 is 29.4 Å². The third kappa shape index (κ3) is 6.93. The van der Waals surface area contributed by atoms with Crippen molar-refractivity contribution in [2.24, 2.45) is 0 Å². The summed E-state index contributed by atoms with van der Waals surface area (Å²) in [5.74, 6) is -0.304. The van der Waals surface area contributed by atoms with Crippen molar-refractivity contribution in [2.75, 3.05) is 6.54 Å². The number of hydrogen-bond acceptors (Lipinski definition) is 6. The molecule has 43 heavy (non-hydrogen) atoms. The van der Waals surface area contributed by atoms with Crippen LogP contribution >= 0.6 is 11.5 Å². The summed E-state index contributed by atoms with van der Waals surface area (Å²) in [6, 6.07) is 29.5. The standard InChI is InChI=1S/C35H31N5O2S/c41-34(15-14-32-25-43-38-37-32)40(23-27-10-12-29(13-11-27)30-16-19-36-20-17-30)33(22-26-6-2-1-3-7-26)35(42)39-21-18-28-8-4-5-9-31(28)24-39/h1-17,19-20,25,33H,18,21-24H2. The van der Waals surface area contributed by atoms with Gasteiger partial charge in [-0.25, -0.2) is 0 Å². The van der Waals surface area contributed by atoms with Crippen LogP contribution in [0, 0.1) is 0 Å². The van der Waals surface area contributed by atoms with Crippen LogP contribution in [0.15, 0.2) is 115 Å². The summed E-state index contributed by atoms with van der Waals surface area (Å²) >= 11 is 1.23. The fourth-order valence-electron chi connectivity index (χ4n) is 5.45. The summed E-state index contributed by atoms with van der Waals surface area (Å²) in [4.78, 5) is 36.1. The fraction of sp³-hybridized carbons (Fsp3) is 0.171. The summed E-state index contributed by atoms with van der Waals surface area (Å²) in [7, 11) is 0. The lowest BCUT2D eigenvalue weighted by Crippen LogP contribution is -2.52. The van der Waals surface area contributed by atoms with Crippen LogP contribution in [-0.2, 0) is 35.5 Å². The molecule has 2 amide bonds. The summed E-state index contributed by atoms with van der Waals surface area (Å²) < 4.78 is 3.90. The van der Waals surface area contributed by atoms with Crippen molar-refractivity contribution in [1.29, 1.82) is 0 Å². The third-order valence-electron chi connectivity index (χ3n) is 7.75. The average Bonchev–Trinajstić information content (AvgIpc) is 3.60. The highest BCUT2D eigenvalue weighted by molar-refractivity contribution is 7.03. The summed E-state index contributed by atoms with van der Waals surface area (Å²) in [5, 5.41) is 5.83. The number of pyridine rings is 1. The van der Waals surface area contributed by atoms with Gasteiger partial charge in [0.2, 0.25) is 11.8 Å². The molecule has 7 nitrogen and oxygen atoms in total. The van der Waals surface area contributed by atoms with Crippen molar-refractivity contribution < 1.29 is 9.59 Å².